The molecule has 1 unspecified atom stereocenters. The van der Waals surface area contributed by atoms with Gasteiger partial charge in [0.05, 0.1) is 0 Å². The number of nitrogens with zero attached hydrogens (tertiary/aromatic N) is 1. The Hall–Kier alpha value is -0.380. The SMILES string of the molecule is CCC(C)(CN)CN(C)CCc1cccs1. The Morgan fingerprint density at radius 2 is 2.25 bits per heavy atom. The summed E-state index contributed by atoms with van der Waals surface area (Å²) < 4.78 is 0. The summed E-state index contributed by atoms with van der Waals surface area (Å²) in [5.41, 5.74) is 6.10. The maximum atomic E-state index is 5.83. The van der Waals surface area contributed by atoms with Gasteiger partial charge in [0.2, 0.25) is 0 Å². The van der Waals surface area contributed by atoms with Gasteiger partial charge in [-0.3, -0.25) is 0 Å². The molecule has 1 heterocycles. The minimum absolute atomic E-state index is 0.268. The van der Waals surface area contributed by atoms with Crippen LogP contribution >= 0.6 is 11.3 Å². The zero-order valence-electron chi connectivity index (χ0n) is 10.7. The van der Waals surface area contributed by atoms with Crippen LogP contribution in [0.25, 0.3) is 0 Å². The van der Waals surface area contributed by atoms with E-state index in [1.165, 1.54) is 4.88 Å². The molecule has 0 aliphatic carbocycles. The number of hydrogen-bond acceptors (Lipinski definition) is 3. The minimum atomic E-state index is 0.268. The van der Waals surface area contributed by atoms with E-state index < -0.39 is 0 Å². The summed E-state index contributed by atoms with van der Waals surface area (Å²) in [6.45, 7) is 7.48. The molecule has 0 aliphatic heterocycles. The minimum Gasteiger partial charge on any atom is -0.330 e. The van der Waals surface area contributed by atoms with Gasteiger partial charge in [-0.15, -0.1) is 11.3 Å². The molecule has 0 aliphatic rings. The van der Waals surface area contributed by atoms with E-state index in [0.717, 1.165) is 32.5 Å². The monoisotopic (exact) mass is 240 g/mol. The van der Waals surface area contributed by atoms with Crippen LogP contribution in [0.15, 0.2) is 17.5 Å². The van der Waals surface area contributed by atoms with Gasteiger partial charge in [-0.25, -0.2) is 0 Å². The van der Waals surface area contributed by atoms with Crippen molar-refractivity contribution in [2.45, 2.75) is 26.7 Å². The first-order chi connectivity index (χ1) is 7.59. The predicted octanol–water partition coefficient (Wildman–Crippen LogP) is 2.60. The maximum Gasteiger partial charge on any atom is 0.00579 e. The second-order valence-corrected chi connectivity index (χ2v) is 5.97. The topological polar surface area (TPSA) is 29.3 Å². The van der Waals surface area contributed by atoms with Gasteiger partial charge in [0.15, 0.2) is 0 Å². The number of nitrogens with two attached hydrogens (primary N) is 1. The van der Waals surface area contributed by atoms with Crippen molar-refractivity contribution in [1.82, 2.24) is 4.90 Å². The van der Waals surface area contributed by atoms with Gasteiger partial charge in [-0.1, -0.05) is 19.9 Å². The lowest BCUT2D eigenvalue weighted by molar-refractivity contribution is 0.194. The molecule has 0 saturated heterocycles. The van der Waals surface area contributed by atoms with Gasteiger partial charge >= 0.3 is 0 Å². The molecule has 0 saturated carbocycles. The normalized spacial score (nSPS) is 15.3. The average Bonchev–Trinajstić information content (AvgIpc) is 2.79. The fourth-order valence-corrected chi connectivity index (χ4v) is 2.51. The van der Waals surface area contributed by atoms with E-state index in [1.54, 1.807) is 0 Å². The summed E-state index contributed by atoms with van der Waals surface area (Å²) in [4.78, 5) is 3.87. The summed E-state index contributed by atoms with van der Waals surface area (Å²) in [7, 11) is 2.19. The molecule has 0 aromatic carbocycles. The van der Waals surface area contributed by atoms with Crippen LogP contribution < -0.4 is 5.73 Å². The molecule has 1 rings (SSSR count). The van der Waals surface area contributed by atoms with E-state index in [-0.39, 0.29) is 5.41 Å². The van der Waals surface area contributed by atoms with Crippen molar-refractivity contribution in [3.63, 3.8) is 0 Å². The Morgan fingerprint density at radius 1 is 1.50 bits per heavy atom. The Labute approximate surface area is 103 Å². The second kappa shape index (κ2) is 6.38. The molecule has 0 amide bonds. The molecule has 0 radical (unpaired) electrons. The molecule has 16 heavy (non-hydrogen) atoms. The van der Waals surface area contributed by atoms with Crippen molar-refractivity contribution in [2.24, 2.45) is 11.1 Å². The molecule has 0 bridgehead atoms. The Kier molecular flexibility index (Phi) is 5.46. The number of thiophene rings is 1. The molecule has 2 N–H and O–H groups in total. The van der Waals surface area contributed by atoms with Crippen molar-refractivity contribution in [2.75, 3.05) is 26.7 Å². The lowest BCUT2D eigenvalue weighted by Gasteiger charge is -2.31. The predicted molar refractivity (Wildman–Crippen MR) is 73.0 cm³/mol. The lowest BCUT2D eigenvalue weighted by Crippen LogP contribution is -2.39. The van der Waals surface area contributed by atoms with E-state index in [1.807, 2.05) is 11.3 Å². The molecule has 1 aromatic rings. The fraction of sp³-hybridized carbons (Fsp3) is 0.692. The van der Waals surface area contributed by atoms with Crippen molar-refractivity contribution in [1.29, 1.82) is 0 Å². The number of hydrogen-bond donors (Lipinski definition) is 1. The highest BCUT2D eigenvalue weighted by molar-refractivity contribution is 7.09. The largest absolute Gasteiger partial charge is 0.330 e. The lowest BCUT2D eigenvalue weighted by atomic mass is 9.87. The van der Waals surface area contributed by atoms with Crippen LogP contribution in [0, 0.1) is 5.41 Å². The van der Waals surface area contributed by atoms with Crippen molar-refractivity contribution in [3.8, 4) is 0 Å². The zero-order valence-corrected chi connectivity index (χ0v) is 11.5. The average molecular weight is 240 g/mol. The van der Waals surface area contributed by atoms with Crippen LogP contribution in [0.1, 0.15) is 25.1 Å². The maximum absolute atomic E-state index is 5.83. The van der Waals surface area contributed by atoms with E-state index >= 15 is 0 Å². The van der Waals surface area contributed by atoms with Crippen LogP contribution in [-0.2, 0) is 6.42 Å². The molecule has 92 valence electrons. The first-order valence-electron chi connectivity index (χ1n) is 6.00. The van der Waals surface area contributed by atoms with Crippen molar-refractivity contribution < 1.29 is 0 Å². The molecule has 0 spiro atoms. The van der Waals surface area contributed by atoms with E-state index in [4.69, 9.17) is 5.73 Å². The molecular formula is C13H24N2S. The highest BCUT2D eigenvalue weighted by Gasteiger charge is 2.21. The number of rotatable bonds is 7. The van der Waals surface area contributed by atoms with Crippen LogP contribution in [0.4, 0.5) is 0 Å². The van der Waals surface area contributed by atoms with Crippen LogP contribution in [0.2, 0.25) is 0 Å². The first kappa shape index (κ1) is 13.7. The third-order valence-corrected chi connectivity index (χ3v) is 4.25. The standard InChI is InChI=1S/C13H24N2S/c1-4-13(2,10-14)11-15(3)8-7-12-6-5-9-16-12/h5-6,9H,4,7-8,10-11,14H2,1-3H3. The van der Waals surface area contributed by atoms with Crippen molar-refractivity contribution >= 4 is 11.3 Å². The summed E-state index contributed by atoms with van der Waals surface area (Å²) in [6.07, 6.45) is 2.30. The van der Waals surface area contributed by atoms with Gasteiger partial charge in [0.25, 0.3) is 0 Å². The highest BCUT2D eigenvalue weighted by Crippen LogP contribution is 2.20. The van der Waals surface area contributed by atoms with E-state index in [2.05, 4.69) is 43.3 Å². The zero-order chi connectivity index (χ0) is 12.0. The van der Waals surface area contributed by atoms with Gasteiger partial charge < -0.3 is 10.6 Å². The van der Waals surface area contributed by atoms with Gasteiger partial charge in [-0.2, -0.15) is 0 Å². The second-order valence-electron chi connectivity index (χ2n) is 4.94. The highest BCUT2D eigenvalue weighted by atomic mass is 32.1. The van der Waals surface area contributed by atoms with Crippen LogP contribution in [-0.4, -0.2) is 31.6 Å². The molecule has 1 aromatic heterocycles. The first-order valence-corrected chi connectivity index (χ1v) is 6.88. The van der Waals surface area contributed by atoms with Gasteiger partial charge in [0, 0.05) is 18.0 Å². The third kappa shape index (κ3) is 4.24. The smallest absolute Gasteiger partial charge is 0.00579 e. The van der Waals surface area contributed by atoms with Crippen molar-refractivity contribution in [3.05, 3.63) is 22.4 Å². The molecule has 0 fully saturated rings. The molecule has 3 heteroatoms. The van der Waals surface area contributed by atoms with Crippen LogP contribution in [0.5, 0.6) is 0 Å². The Bertz CT molecular complexity index is 278. The Morgan fingerprint density at radius 3 is 2.75 bits per heavy atom. The summed E-state index contributed by atoms with van der Waals surface area (Å²) >= 11 is 1.84. The summed E-state index contributed by atoms with van der Waals surface area (Å²) in [5, 5.41) is 2.14. The molecule has 1 atom stereocenters. The summed E-state index contributed by atoms with van der Waals surface area (Å²) in [6, 6.07) is 4.33. The van der Waals surface area contributed by atoms with Crippen LogP contribution in [0.3, 0.4) is 0 Å². The number of likely N-dealkylation sites (N-methyl/N-ethyl adjacent to an activating group) is 1. The van der Waals surface area contributed by atoms with Gasteiger partial charge in [0.1, 0.15) is 0 Å². The Balaban J connectivity index is 2.32. The fourth-order valence-electron chi connectivity index (χ4n) is 1.81. The molecule has 2 nitrogen and oxygen atoms in total. The van der Waals surface area contributed by atoms with E-state index in [0.29, 0.717) is 0 Å². The quantitative estimate of drug-likeness (QED) is 0.794. The third-order valence-electron chi connectivity index (χ3n) is 3.32. The summed E-state index contributed by atoms with van der Waals surface area (Å²) in [5.74, 6) is 0. The van der Waals surface area contributed by atoms with E-state index in [9.17, 15) is 0 Å². The van der Waals surface area contributed by atoms with Gasteiger partial charge in [-0.05, 0) is 43.3 Å². The molecular weight excluding hydrogens is 216 g/mol.